The fourth-order valence-corrected chi connectivity index (χ4v) is 5.76. The number of fused-ring (bicyclic) bond motifs is 4. The normalized spacial score (nSPS) is 11.8. The third-order valence-electron chi connectivity index (χ3n) is 7.26. The highest BCUT2D eigenvalue weighted by atomic mass is 14.3. The zero-order valence-corrected chi connectivity index (χ0v) is 19.0. The standard InChI is InChI=1S/C33H21B/c1-20-18-26-27(19-28(20)34)31(23-12-6-3-7-13-23)33-25-17-9-15-21-14-8-16-24(29(21)25)32(33)30(26)22-10-4-2-5-11-22/h2-19H,1H3. The monoisotopic (exact) mass is 428 g/mol. The van der Waals surface area contributed by atoms with Crippen LogP contribution in [0.5, 0.6) is 0 Å². The maximum atomic E-state index is 6.53. The van der Waals surface area contributed by atoms with Gasteiger partial charge in [0.1, 0.15) is 7.85 Å². The zero-order valence-electron chi connectivity index (χ0n) is 19.0. The van der Waals surface area contributed by atoms with E-state index in [0.717, 1.165) is 11.0 Å². The van der Waals surface area contributed by atoms with Crippen molar-refractivity contribution in [3.05, 3.63) is 115 Å². The van der Waals surface area contributed by atoms with Gasteiger partial charge in [-0.05, 0) is 73.0 Å². The van der Waals surface area contributed by atoms with Crippen molar-refractivity contribution in [2.75, 3.05) is 0 Å². The van der Waals surface area contributed by atoms with Gasteiger partial charge in [0.25, 0.3) is 0 Å². The van der Waals surface area contributed by atoms with E-state index in [2.05, 4.69) is 116 Å². The van der Waals surface area contributed by atoms with Gasteiger partial charge >= 0.3 is 0 Å². The average Bonchev–Trinajstić information content (AvgIpc) is 3.20. The molecule has 0 saturated heterocycles. The second-order valence-electron chi connectivity index (χ2n) is 9.20. The number of hydrogen-bond donors (Lipinski definition) is 0. The van der Waals surface area contributed by atoms with E-state index >= 15 is 0 Å². The van der Waals surface area contributed by atoms with Crippen LogP contribution in [0.2, 0.25) is 0 Å². The molecule has 0 unspecified atom stereocenters. The Hall–Kier alpha value is -4.10. The summed E-state index contributed by atoms with van der Waals surface area (Å²) in [6.07, 6.45) is 0. The van der Waals surface area contributed by atoms with E-state index in [1.165, 1.54) is 66.1 Å². The lowest BCUT2D eigenvalue weighted by molar-refractivity contribution is 1.54. The first kappa shape index (κ1) is 19.4. The summed E-state index contributed by atoms with van der Waals surface area (Å²) in [6, 6.07) is 39.4. The van der Waals surface area contributed by atoms with Crippen LogP contribution in [-0.4, -0.2) is 7.85 Å². The van der Waals surface area contributed by atoms with Crippen molar-refractivity contribution in [3.8, 4) is 44.5 Å². The largest absolute Gasteiger partial charge is 0.114 e. The van der Waals surface area contributed by atoms with E-state index in [0.29, 0.717) is 0 Å². The molecule has 0 spiro atoms. The van der Waals surface area contributed by atoms with E-state index in [4.69, 9.17) is 7.85 Å². The summed E-state index contributed by atoms with van der Waals surface area (Å²) in [7, 11) is 6.53. The van der Waals surface area contributed by atoms with E-state index in [-0.39, 0.29) is 0 Å². The van der Waals surface area contributed by atoms with Crippen LogP contribution in [-0.2, 0) is 0 Å². The van der Waals surface area contributed by atoms with Gasteiger partial charge in [0.2, 0.25) is 0 Å². The van der Waals surface area contributed by atoms with Crippen LogP contribution in [0.15, 0.2) is 109 Å². The maximum Gasteiger partial charge on any atom is 0.114 e. The quantitative estimate of drug-likeness (QED) is 0.244. The van der Waals surface area contributed by atoms with Crippen molar-refractivity contribution in [2.45, 2.75) is 6.92 Å². The Labute approximate surface area is 200 Å². The van der Waals surface area contributed by atoms with Crippen LogP contribution < -0.4 is 5.46 Å². The third-order valence-corrected chi connectivity index (χ3v) is 7.26. The van der Waals surface area contributed by atoms with Crippen LogP contribution in [0.4, 0.5) is 0 Å². The number of aryl methyl sites for hydroxylation is 1. The lowest BCUT2D eigenvalue weighted by atomic mass is 9.79. The molecule has 7 rings (SSSR count). The van der Waals surface area contributed by atoms with Crippen molar-refractivity contribution in [3.63, 3.8) is 0 Å². The molecular formula is C33H21B. The molecule has 0 nitrogen and oxygen atoms in total. The summed E-state index contributed by atoms with van der Waals surface area (Å²) < 4.78 is 0. The van der Waals surface area contributed by atoms with Gasteiger partial charge in [0, 0.05) is 0 Å². The molecule has 0 aliphatic heterocycles. The van der Waals surface area contributed by atoms with Crippen molar-refractivity contribution in [1.82, 2.24) is 0 Å². The van der Waals surface area contributed by atoms with Crippen molar-refractivity contribution >= 4 is 34.9 Å². The highest BCUT2D eigenvalue weighted by Crippen LogP contribution is 2.57. The molecule has 1 heteroatoms. The fraction of sp³-hybridized carbons (Fsp3) is 0.0303. The zero-order chi connectivity index (χ0) is 22.8. The number of hydrogen-bond acceptors (Lipinski definition) is 0. The van der Waals surface area contributed by atoms with Crippen molar-refractivity contribution in [2.24, 2.45) is 0 Å². The smallest absolute Gasteiger partial charge is 0.0932 e. The molecule has 34 heavy (non-hydrogen) atoms. The van der Waals surface area contributed by atoms with Gasteiger partial charge in [-0.2, -0.15) is 0 Å². The van der Waals surface area contributed by atoms with Gasteiger partial charge < -0.3 is 0 Å². The van der Waals surface area contributed by atoms with Crippen LogP contribution in [0.1, 0.15) is 5.56 Å². The van der Waals surface area contributed by atoms with Gasteiger partial charge in [-0.3, -0.25) is 0 Å². The molecule has 0 amide bonds. The molecule has 0 heterocycles. The van der Waals surface area contributed by atoms with E-state index < -0.39 is 0 Å². The van der Waals surface area contributed by atoms with Gasteiger partial charge in [0.05, 0.1) is 0 Å². The summed E-state index contributed by atoms with van der Waals surface area (Å²) in [6.45, 7) is 2.11. The molecule has 156 valence electrons. The molecule has 1 aliphatic carbocycles. The number of benzene rings is 6. The minimum absolute atomic E-state index is 0.831. The van der Waals surface area contributed by atoms with Crippen molar-refractivity contribution < 1.29 is 0 Å². The molecule has 0 saturated carbocycles. The molecule has 2 radical (unpaired) electrons. The molecule has 6 aromatic carbocycles. The van der Waals surface area contributed by atoms with E-state index in [1.807, 2.05) is 0 Å². The van der Waals surface area contributed by atoms with Crippen LogP contribution >= 0.6 is 0 Å². The second-order valence-corrected chi connectivity index (χ2v) is 9.20. The predicted molar refractivity (Wildman–Crippen MR) is 147 cm³/mol. The Morgan fingerprint density at radius 3 is 1.53 bits per heavy atom. The molecular weight excluding hydrogens is 407 g/mol. The minimum Gasteiger partial charge on any atom is -0.0932 e. The van der Waals surface area contributed by atoms with Gasteiger partial charge in [-0.25, -0.2) is 0 Å². The first-order chi connectivity index (χ1) is 16.7. The fourth-order valence-electron chi connectivity index (χ4n) is 5.76. The predicted octanol–water partition coefficient (Wildman–Crippen LogP) is 8.08. The summed E-state index contributed by atoms with van der Waals surface area (Å²) in [5.74, 6) is 0. The highest BCUT2D eigenvalue weighted by molar-refractivity contribution is 6.36. The second kappa shape index (κ2) is 7.20. The summed E-state index contributed by atoms with van der Waals surface area (Å²) >= 11 is 0. The molecule has 0 N–H and O–H groups in total. The molecule has 0 bridgehead atoms. The maximum absolute atomic E-state index is 6.53. The Morgan fingerprint density at radius 1 is 0.500 bits per heavy atom. The molecule has 1 aliphatic rings. The van der Waals surface area contributed by atoms with Crippen LogP contribution in [0.3, 0.4) is 0 Å². The Balaban J connectivity index is 1.79. The topological polar surface area (TPSA) is 0 Å². The Bertz CT molecular complexity index is 1620. The molecule has 0 fully saturated rings. The molecule has 0 atom stereocenters. The summed E-state index contributed by atoms with van der Waals surface area (Å²) in [4.78, 5) is 0. The Morgan fingerprint density at radius 2 is 1.00 bits per heavy atom. The molecule has 6 aromatic rings. The summed E-state index contributed by atoms with van der Waals surface area (Å²) in [5, 5.41) is 5.08. The average molecular weight is 428 g/mol. The SMILES string of the molecule is [B]c1cc2c(-c3ccccc3)c3c(c(-c4ccccc4)c2cc1C)-c1cccc2cccc-3c12. The van der Waals surface area contributed by atoms with E-state index in [1.54, 1.807) is 0 Å². The molecule has 0 aromatic heterocycles. The first-order valence-electron chi connectivity index (χ1n) is 11.8. The minimum atomic E-state index is 0.831. The Kier molecular flexibility index (Phi) is 4.11. The van der Waals surface area contributed by atoms with Crippen LogP contribution in [0, 0.1) is 6.92 Å². The lowest BCUT2D eigenvalue weighted by Gasteiger charge is -2.21. The van der Waals surface area contributed by atoms with Gasteiger partial charge in [-0.1, -0.05) is 120 Å². The van der Waals surface area contributed by atoms with Gasteiger partial charge in [0.15, 0.2) is 0 Å². The third kappa shape index (κ3) is 2.61. The highest BCUT2D eigenvalue weighted by Gasteiger charge is 2.30. The van der Waals surface area contributed by atoms with Crippen molar-refractivity contribution in [1.29, 1.82) is 0 Å². The number of rotatable bonds is 2. The van der Waals surface area contributed by atoms with Gasteiger partial charge in [-0.15, -0.1) is 0 Å². The first-order valence-corrected chi connectivity index (χ1v) is 11.8. The summed E-state index contributed by atoms with van der Waals surface area (Å²) in [5.41, 5.74) is 12.2. The van der Waals surface area contributed by atoms with Crippen LogP contribution in [0.25, 0.3) is 66.1 Å². The van der Waals surface area contributed by atoms with E-state index in [9.17, 15) is 0 Å². The lowest BCUT2D eigenvalue weighted by Crippen LogP contribution is -2.07.